The summed E-state index contributed by atoms with van der Waals surface area (Å²) in [5.74, 6) is 1.48. The normalized spacial score (nSPS) is 10.5. The molecule has 1 N–H and O–H groups in total. The second kappa shape index (κ2) is 9.22. The Bertz CT molecular complexity index is 1190. The number of ether oxygens (including phenoxy) is 1. The lowest BCUT2D eigenvalue weighted by Gasteiger charge is -2.09. The number of carbonyl (C=O) groups excluding carboxylic acids is 1. The van der Waals surface area contributed by atoms with Gasteiger partial charge in [0.25, 0.3) is 5.91 Å². The van der Waals surface area contributed by atoms with Crippen molar-refractivity contribution >= 4 is 11.6 Å². The first-order chi connectivity index (χ1) is 15.1. The molecule has 5 nitrogen and oxygen atoms in total. The van der Waals surface area contributed by atoms with Gasteiger partial charge in [-0.3, -0.25) is 4.79 Å². The molecule has 0 fully saturated rings. The summed E-state index contributed by atoms with van der Waals surface area (Å²) >= 11 is 0. The Hall–Kier alpha value is -3.99. The van der Waals surface area contributed by atoms with Crippen molar-refractivity contribution in [3.05, 3.63) is 102 Å². The van der Waals surface area contributed by atoms with Crippen LogP contribution >= 0.6 is 0 Å². The Kier molecular flexibility index (Phi) is 6.03. The van der Waals surface area contributed by atoms with Gasteiger partial charge in [-0.2, -0.15) is 4.98 Å². The zero-order valence-electron chi connectivity index (χ0n) is 17.5. The van der Waals surface area contributed by atoms with E-state index in [1.54, 1.807) is 36.5 Å². The lowest BCUT2D eigenvalue weighted by molar-refractivity contribution is 0.102. The van der Waals surface area contributed by atoms with Gasteiger partial charge in [0, 0.05) is 29.1 Å². The molecule has 0 bridgehead atoms. The second-order valence-electron chi connectivity index (χ2n) is 7.22. The van der Waals surface area contributed by atoms with Gasteiger partial charge in [-0.05, 0) is 61.4 Å². The fraction of sp³-hybridized carbons (Fsp3) is 0.115. The first-order valence-electron chi connectivity index (χ1n) is 10.2. The quantitative estimate of drug-likeness (QED) is 0.420. The summed E-state index contributed by atoms with van der Waals surface area (Å²) in [6, 6.07) is 24.5. The molecule has 154 valence electrons. The van der Waals surface area contributed by atoms with Crippen molar-refractivity contribution in [1.29, 1.82) is 0 Å². The molecule has 0 atom stereocenters. The van der Waals surface area contributed by atoms with Gasteiger partial charge in [0.15, 0.2) is 5.82 Å². The molecule has 4 rings (SSSR count). The van der Waals surface area contributed by atoms with Gasteiger partial charge < -0.3 is 10.1 Å². The van der Waals surface area contributed by atoms with Crippen LogP contribution in [0.1, 0.15) is 28.4 Å². The van der Waals surface area contributed by atoms with Crippen molar-refractivity contribution in [2.24, 2.45) is 0 Å². The molecule has 5 heteroatoms. The van der Waals surface area contributed by atoms with E-state index in [1.165, 1.54) is 5.56 Å². The largest absolute Gasteiger partial charge is 0.439 e. The lowest BCUT2D eigenvalue weighted by Crippen LogP contribution is -2.11. The molecule has 0 aliphatic carbocycles. The van der Waals surface area contributed by atoms with Crippen LogP contribution in [0.15, 0.2) is 85.1 Å². The van der Waals surface area contributed by atoms with Crippen molar-refractivity contribution in [1.82, 2.24) is 9.97 Å². The Labute approximate surface area is 181 Å². The summed E-state index contributed by atoms with van der Waals surface area (Å²) in [5.41, 5.74) is 4.63. The number of hydrogen-bond acceptors (Lipinski definition) is 4. The topological polar surface area (TPSA) is 64.1 Å². The number of hydrogen-bond donors (Lipinski definition) is 1. The van der Waals surface area contributed by atoms with E-state index in [2.05, 4.69) is 22.2 Å². The van der Waals surface area contributed by atoms with Crippen molar-refractivity contribution in [3.63, 3.8) is 0 Å². The highest BCUT2D eigenvalue weighted by molar-refractivity contribution is 6.04. The van der Waals surface area contributed by atoms with E-state index in [1.807, 2.05) is 55.5 Å². The predicted octanol–water partition coefficient (Wildman–Crippen LogP) is 6.06. The van der Waals surface area contributed by atoms with Gasteiger partial charge in [0.05, 0.1) is 0 Å². The average molecular weight is 409 g/mol. The Morgan fingerprint density at radius 1 is 0.968 bits per heavy atom. The molecular weight excluding hydrogens is 386 g/mol. The molecule has 0 spiro atoms. The molecule has 0 radical (unpaired) electrons. The van der Waals surface area contributed by atoms with E-state index in [0.717, 1.165) is 23.2 Å². The Balaban J connectivity index is 1.43. The molecule has 31 heavy (non-hydrogen) atoms. The number of carbonyl (C=O) groups is 1. The summed E-state index contributed by atoms with van der Waals surface area (Å²) in [6.07, 6.45) is 2.64. The summed E-state index contributed by atoms with van der Waals surface area (Å²) in [4.78, 5) is 21.3. The van der Waals surface area contributed by atoms with Crippen LogP contribution in [0.3, 0.4) is 0 Å². The highest BCUT2D eigenvalue weighted by atomic mass is 16.5. The number of anilines is 1. The molecule has 0 unspecified atom stereocenters. The summed E-state index contributed by atoms with van der Waals surface area (Å²) in [6.45, 7) is 4.13. The summed E-state index contributed by atoms with van der Waals surface area (Å²) in [5, 5.41) is 2.91. The maximum Gasteiger partial charge on any atom is 0.255 e. The van der Waals surface area contributed by atoms with Crippen LogP contribution in [0.5, 0.6) is 11.6 Å². The lowest BCUT2D eigenvalue weighted by atomic mass is 10.1. The first-order valence-corrected chi connectivity index (χ1v) is 10.2. The van der Waals surface area contributed by atoms with E-state index >= 15 is 0 Å². The molecule has 0 saturated heterocycles. The van der Waals surface area contributed by atoms with E-state index in [9.17, 15) is 4.79 Å². The molecular formula is C26H23N3O2. The number of benzene rings is 3. The fourth-order valence-corrected chi connectivity index (χ4v) is 3.14. The van der Waals surface area contributed by atoms with Crippen molar-refractivity contribution < 1.29 is 9.53 Å². The van der Waals surface area contributed by atoms with Crippen molar-refractivity contribution in [2.75, 3.05) is 5.32 Å². The van der Waals surface area contributed by atoms with Gasteiger partial charge in [-0.15, -0.1) is 0 Å². The highest BCUT2D eigenvalue weighted by Gasteiger charge is 2.08. The van der Waals surface area contributed by atoms with Crippen molar-refractivity contribution in [3.8, 4) is 23.0 Å². The van der Waals surface area contributed by atoms with Crippen LogP contribution in [0.25, 0.3) is 11.4 Å². The molecule has 1 aromatic heterocycles. The maximum atomic E-state index is 12.5. The number of amides is 1. The molecule has 4 aromatic rings. The molecule has 3 aromatic carbocycles. The fourth-order valence-electron chi connectivity index (χ4n) is 3.14. The van der Waals surface area contributed by atoms with E-state index in [4.69, 9.17) is 4.74 Å². The molecule has 1 heterocycles. The molecule has 1 amide bonds. The van der Waals surface area contributed by atoms with Gasteiger partial charge in [-0.25, -0.2) is 4.98 Å². The summed E-state index contributed by atoms with van der Waals surface area (Å²) < 4.78 is 5.87. The Morgan fingerprint density at radius 2 is 1.74 bits per heavy atom. The van der Waals surface area contributed by atoms with Crippen LogP contribution in [0.2, 0.25) is 0 Å². The molecule has 0 aliphatic rings. The number of aromatic nitrogens is 2. The zero-order valence-corrected chi connectivity index (χ0v) is 17.5. The standard InChI is InChI=1S/C26H23N3O2/c1-3-19-7-11-22(12-8-19)28-26(30)20-9-13-23(14-10-20)31-24-15-16-27-25(29-24)21-6-4-5-18(2)17-21/h4-17H,3H2,1-2H3,(H,28,30). The van der Waals surface area contributed by atoms with Crippen LogP contribution in [-0.4, -0.2) is 15.9 Å². The average Bonchev–Trinajstić information content (AvgIpc) is 2.80. The minimum atomic E-state index is -0.167. The van der Waals surface area contributed by atoms with E-state index < -0.39 is 0 Å². The first kappa shape index (κ1) is 20.3. The molecule has 0 aliphatic heterocycles. The number of rotatable bonds is 6. The summed E-state index contributed by atoms with van der Waals surface area (Å²) in [7, 11) is 0. The molecule has 0 saturated carbocycles. The smallest absolute Gasteiger partial charge is 0.255 e. The van der Waals surface area contributed by atoms with Crippen LogP contribution in [0, 0.1) is 6.92 Å². The minimum absolute atomic E-state index is 0.167. The Morgan fingerprint density at radius 3 is 2.45 bits per heavy atom. The minimum Gasteiger partial charge on any atom is -0.439 e. The van der Waals surface area contributed by atoms with E-state index in [0.29, 0.717) is 23.0 Å². The van der Waals surface area contributed by atoms with Crippen LogP contribution < -0.4 is 10.1 Å². The third kappa shape index (κ3) is 5.14. The van der Waals surface area contributed by atoms with Gasteiger partial charge in [-0.1, -0.05) is 42.8 Å². The monoisotopic (exact) mass is 409 g/mol. The maximum absolute atomic E-state index is 12.5. The number of aryl methyl sites for hydroxylation is 2. The van der Waals surface area contributed by atoms with Gasteiger partial charge >= 0.3 is 0 Å². The van der Waals surface area contributed by atoms with Crippen molar-refractivity contribution in [2.45, 2.75) is 20.3 Å². The van der Waals surface area contributed by atoms with E-state index in [-0.39, 0.29) is 5.91 Å². The SMILES string of the molecule is CCc1ccc(NC(=O)c2ccc(Oc3ccnc(-c4cccc(C)c4)n3)cc2)cc1. The number of nitrogens with zero attached hydrogens (tertiary/aromatic N) is 2. The third-order valence-electron chi connectivity index (χ3n) is 4.87. The number of nitrogens with one attached hydrogen (secondary N) is 1. The third-order valence-corrected chi connectivity index (χ3v) is 4.87. The zero-order chi connectivity index (χ0) is 21.6. The van der Waals surface area contributed by atoms with Crippen LogP contribution in [0.4, 0.5) is 5.69 Å². The van der Waals surface area contributed by atoms with Gasteiger partial charge in [0.2, 0.25) is 5.88 Å². The highest BCUT2D eigenvalue weighted by Crippen LogP contribution is 2.23. The van der Waals surface area contributed by atoms with Crippen LogP contribution in [-0.2, 0) is 6.42 Å². The predicted molar refractivity (Wildman–Crippen MR) is 122 cm³/mol. The van der Waals surface area contributed by atoms with Gasteiger partial charge in [0.1, 0.15) is 5.75 Å². The second-order valence-corrected chi connectivity index (χ2v) is 7.22.